The molecule has 1 aliphatic heterocycles. The lowest BCUT2D eigenvalue weighted by Gasteiger charge is -2.36. The summed E-state index contributed by atoms with van der Waals surface area (Å²) in [5.41, 5.74) is -1.22. The van der Waals surface area contributed by atoms with Gasteiger partial charge in [0.1, 0.15) is 11.2 Å². The smallest absolute Gasteiger partial charge is 0.430 e. The summed E-state index contributed by atoms with van der Waals surface area (Å²) in [4.78, 5) is 24.7. The Morgan fingerprint density at radius 1 is 0.857 bits per heavy atom. The third-order valence-electron chi connectivity index (χ3n) is 3.06. The van der Waals surface area contributed by atoms with Crippen molar-refractivity contribution in [2.45, 2.75) is 71.2 Å². The fourth-order valence-electron chi connectivity index (χ4n) is 2.41. The highest BCUT2D eigenvalue weighted by molar-refractivity contribution is 5.77. The molecule has 2 amide bonds. The van der Waals surface area contributed by atoms with Gasteiger partial charge in [0.15, 0.2) is 0 Å². The monoisotopic (exact) mass is 296 g/mol. The van der Waals surface area contributed by atoms with Crippen molar-refractivity contribution in [3.63, 3.8) is 0 Å². The average Bonchev–Trinajstić information content (AvgIpc) is 2.82. The van der Waals surface area contributed by atoms with Gasteiger partial charge < -0.3 is 9.47 Å². The molecular formula is C15H24N2O4. The van der Waals surface area contributed by atoms with E-state index in [0.29, 0.717) is 6.42 Å². The van der Waals surface area contributed by atoms with E-state index in [2.05, 4.69) is 0 Å². The summed E-state index contributed by atoms with van der Waals surface area (Å²) in [7, 11) is 0. The zero-order chi connectivity index (χ0) is 16.0. The van der Waals surface area contributed by atoms with E-state index in [-0.39, 0.29) is 12.1 Å². The topological polar surface area (TPSA) is 59.1 Å². The molecule has 21 heavy (non-hydrogen) atoms. The van der Waals surface area contributed by atoms with Crippen LogP contribution in [0, 0.1) is 0 Å². The number of rotatable bonds is 0. The quantitative estimate of drug-likeness (QED) is 0.645. The van der Waals surface area contributed by atoms with Gasteiger partial charge in [-0.1, -0.05) is 12.2 Å². The van der Waals surface area contributed by atoms with Crippen LogP contribution in [-0.2, 0) is 9.47 Å². The van der Waals surface area contributed by atoms with Gasteiger partial charge in [0.25, 0.3) is 0 Å². The molecule has 2 bridgehead atoms. The zero-order valence-electron chi connectivity index (χ0n) is 13.5. The van der Waals surface area contributed by atoms with Gasteiger partial charge in [-0.3, -0.25) is 0 Å². The van der Waals surface area contributed by atoms with Gasteiger partial charge in [0.2, 0.25) is 0 Å². The number of amides is 2. The van der Waals surface area contributed by atoms with Gasteiger partial charge in [-0.25, -0.2) is 19.6 Å². The van der Waals surface area contributed by atoms with Crippen molar-refractivity contribution in [3.8, 4) is 0 Å². The number of ether oxygens (including phenoxy) is 2. The lowest BCUT2D eigenvalue weighted by atomic mass is 10.2. The molecule has 0 aromatic carbocycles. The molecule has 1 saturated heterocycles. The third kappa shape index (κ3) is 3.49. The Kier molecular flexibility index (Phi) is 3.68. The highest BCUT2D eigenvalue weighted by Crippen LogP contribution is 2.34. The van der Waals surface area contributed by atoms with Gasteiger partial charge in [-0.15, -0.1) is 0 Å². The summed E-state index contributed by atoms with van der Waals surface area (Å²) in [5.74, 6) is 0. The van der Waals surface area contributed by atoms with Crippen LogP contribution in [0.4, 0.5) is 9.59 Å². The normalized spacial score (nSPS) is 24.5. The second kappa shape index (κ2) is 4.93. The predicted molar refractivity (Wildman–Crippen MR) is 77.5 cm³/mol. The Bertz CT molecular complexity index is 431. The number of hydrogen-bond acceptors (Lipinski definition) is 4. The van der Waals surface area contributed by atoms with E-state index in [9.17, 15) is 9.59 Å². The molecule has 2 aliphatic rings. The molecule has 6 heteroatoms. The molecule has 0 radical (unpaired) electrons. The highest BCUT2D eigenvalue weighted by atomic mass is 16.6. The first-order chi connectivity index (χ1) is 9.48. The molecule has 0 aromatic rings. The van der Waals surface area contributed by atoms with E-state index in [4.69, 9.17) is 9.47 Å². The lowest BCUT2D eigenvalue weighted by molar-refractivity contribution is -0.0579. The van der Waals surface area contributed by atoms with Crippen LogP contribution in [0.3, 0.4) is 0 Å². The van der Waals surface area contributed by atoms with Crippen molar-refractivity contribution in [2.24, 2.45) is 0 Å². The van der Waals surface area contributed by atoms with E-state index < -0.39 is 23.4 Å². The standard InChI is InChI=1S/C15H24N2O4/c1-14(2,3)20-12(18)16-10-7-8-11(9-10)17(16)13(19)21-15(4,5)6/h7-8,10-11H,9H2,1-6H3/t10-,11-/m1/s1. The van der Waals surface area contributed by atoms with E-state index in [1.54, 1.807) is 41.5 Å². The number of nitrogens with zero attached hydrogens (tertiary/aromatic N) is 2. The van der Waals surface area contributed by atoms with Crippen LogP contribution >= 0.6 is 0 Å². The minimum Gasteiger partial charge on any atom is -0.442 e. The van der Waals surface area contributed by atoms with Gasteiger partial charge in [-0.2, -0.15) is 0 Å². The maximum Gasteiger partial charge on any atom is 0.430 e. The first kappa shape index (κ1) is 15.7. The summed E-state index contributed by atoms with van der Waals surface area (Å²) in [5, 5.41) is 2.73. The Morgan fingerprint density at radius 2 is 1.19 bits per heavy atom. The van der Waals surface area contributed by atoms with Crippen LogP contribution in [0.25, 0.3) is 0 Å². The van der Waals surface area contributed by atoms with E-state index in [1.165, 1.54) is 10.0 Å². The molecule has 0 saturated carbocycles. The minimum atomic E-state index is -0.609. The second-order valence-electron chi connectivity index (χ2n) is 7.41. The Hall–Kier alpha value is -1.72. The first-order valence-corrected chi connectivity index (χ1v) is 7.20. The summed E-state index contributed by atoms with van der Waals surface area (Å²) in [6, 6.07) is -0.283. The van der Waals surface area contributed by atoms with Crippen LogP contribution in [0.15, 0.2) is 12.2 Å². The lowest BCUT2D eigenvalue weighted by Crippen LogP contribution is -2.54. The maximum atomic E-state index is 12.4. The van der Waals surface area contributed by atoms with Crippen LogP contribution in [0.5, 0.6) is 0 Å². The number of hydrogen-bond donors (Lipinski definition) is 0. The predicted octanol–water partition coefficient (Wildman–Crippen LogP) is 3.09. The molecular weight excluding hydrogens is 272 g/mol. The van der Waals surface area contributed by atoms with E-state index >= 15 is 0 Å². The SMILES string of the molecule is CC(C)(C)OC(=O)N1[C@@H]2C=C[C@H](C2)N1C(=O)OC(C)(C)C. The Morgan fingerprint density at radius 3 is 1.48 bits per heavy atom. The first-order valence-electron chi connectivity index (χ1n) is 7.20. The number of fused-ring (bicyclic) bond motifs is 2. The fraction of sp³-hybridized carbons (Fsp3) is 0.733. The van der Waals surface area contributed by atoms with Crippen LogP contribution in [0.1, 0.15) is 48.0 Å². The molecule has 1 fully saturated rings. The number of hydrazine groups is 1. The molecule has 0 aromatic heterocycles. The van der Waals surface area contributed by atoms with E-state index in [1.807, 2.05) is 12.2 Å². The Labute approximate surface area is 125 Å². The maximum absolute atomic E-state index is 12.4. The molecule has 0 spiro atoms. The van der Waals surface area contributed by atoms with Crippen molar-refractivity contribution in [1.82, 2.24) is 10.0 Å². The molecule has 6 nitrogen and oxygen atoms in total. The average molecular weight is 296 g/mol. The van der Waals surface area contributed by atoms with Crippen molar-refractivity contribution < 1.29 is 19.1 Å². The zero-order valence-corrected chi connectivity index (χ0v) is 13.5. The summed E-state index contributed by atoms with van der Waals surface area (Å²) in [6.45, 7) is 10.8. The van der Waals surface area contributed by atoms with Crippen molar-refractivity contribution in [1.29, 1.82) is 0 Å². The van der Waals surface area contributed by atoms with Gasteiger partial charge in [-0.05, 0) is 48.0 Å². The summed E-state index contributed by atoms with van der Waals surface area (Å²) >= 11 is 0. The second-order valence-corrected chi connectivity index (χ2v) is 7.41. The Balaban J connectivity index is 2.17. The van der Waals surface area contributed by atoms with Crippen molar-refractivity contribution in [3.05, 3.63) is 12.2 Å². The fourth-order valence-corrected chi connectivity index (χ4v) is 2.41. The van der Waals surface area contributed by atoms with Gasteiger partial charge in [0, 0.05) is 0 Å². The van der Waals surface area contributed by atoms with Gasteiger partial charge in [0.05, 0.1) is 12.1 Å². The number of carbonyl (C=O) groups excluding carboxylic acids is 2. The minimum absolute atomic E-state index is 0.141. The van der Waals surface area contributed by atoms with Crippen LogP contribution in [0.2, 0.25) is 0 Å². The third-order valence-corrected chi connectivity index (χ3v) is 3.06. The molecule has 1 heterocycles. The molecule has 1 aliphatic carbocycles. The molecule has 0 unspecified atom stereocenters. The van der Waals surface area contributed by atoms with E-state index in [0.717, 1.165) is 0 Å². The van der Waals surface area contributed by atoms with Crippen molar-refractivity contribution in [2.75, 3.05) is 0 Å². The van der Waals surface area contributed by atoms with Crippen LogP contribution in [-0.4, -0.2) is 45.5 Å². The van der Waals surface area contributed by atoms with Crippen LogP contribution < -0.4 is 0 Å². The highest BCUT2D eigenvalue weighted by Gasteiger charge is 2.49. The molecule has 2 atom stereocenters. The molecule has 118 valence electrons. The number of carbonyl (C=O) groups is 2. The molecule has 0 N–H and O–H groups in total. The summed E-state index contributed by atoms with van der Waals surface area (Å²) < 4.78 is 10.8. The van der Waals surface area contributed by atoms with Gasteiger partial charge >= 0.3 is 12.2 Å². The largest absolute Gasteiger partial charge is 0.442 e. The molecule has 2 rings (SSSR count). The van der Waals surface area contributed by atoms with Crippen molar-refractivity contribution >= 4 is 12.2 Å². The summed E-state index contributed by atoms with van der Waals surface area (Å²) in [6.07, 6.45) is 3.50.